The average Bonchev–Trinajstić information content (AvgIpc) is 2.90. The molecule has 0 bridgehead atoms. The second-order valence-electron chi connectivity index (χ2n) is 4.64. The Morgan fingerprint density at radius 2 is 1.90 bits per heavy atom. The summed E-state index contributed by atoms with van der Waals surface area (Å²) in [7, 11) is 2.11. The van der Waals surface area contributed by atoms with Crippen molar-refractivity contribution in [1.29, 1.82) is 0 Å². The van der Waals surface area contributed by atoms with E-state index in [9.17, 15) is 0 Å². The van der Waals surface area contributed by atoms with Gasteiger partial charge in [-0.15, -0.1) is 24.8 Å². The van der Waals surface area contributed by atoms with Gasteiger partial charge in [-0.05, 0) is 12.1 Å². The Hall–Kier alpha value is -1.50. The maximum atomic E-state index is 5.47. The van der Waals surface area contributed by atoms with Gasteiger partial charge in [0.25, 0.3) is 0 Å². The lowest BCUT2D eigenvalue weighted by atomic mass is 10.2. The summed E-state index contributed by atoms with van der Waals surface area (Å²) in [5.74, 6) is 1.16. The van der Waals surface area contributed by atoms with Crippen LogP contribution in [0.4, 0.5) is 11.4 Å². The van der Waals surface area contributed by atoms with Crippen LogP contribution < -0.4 is 15.5 Å². The van der Waals surface area contributed by atoms with Gasteiger partial charge >= 0.3 is 0 Å². The number of halogens is 2. The van der Waals surface area contributed by atoms with E-state index in [1.807, 2.05) is 6.07 Å². The van der Waals surface area contributed by atoms with Gasteiger partial charge in [-0.2, -0.15) is 4.98 Å². The maximum absolute atomic E-state index is 5.47. The smallest absolute Gasteiger partial charge is 0.240 e. The molecule has 0 amide bonds. The van der Waals surface area contributed by atoms with Crippen molar-refractivity contribution < 1.29 is 4.52 Å². The van der Waals surface area contributed by atoms with E-state index >= 15 is 0 Å². The molecule has 2 heterocycles. The minimum Gasteiger partial charge on any atom is -0.371 e. The Bertz CT molecular complexity index is 577. The molecule has 0 fully saturated rings. The van der Waals surface area contributed by atoms with Crippen molar-refractivity contribution >= 4 is 36.2 Å². The Kier molecular flexibility index (Phi) is 6.26. The molecule has 3 rings (SSSR count). The van der Waals surface area contributed by atoms with Gasteiger partial charge in [0.15, 0.2) is 5.82 Å². The molecule has 2 N–H and O–H groups in total. The highest BCUT2D eigenvalue weighted by molar-refractivity contribution is 5.85. The summed E-state index contributed by atoms with van der Waals surface area (Å²) in [6.07, 6.45) is 0. The first-order valence-electron chi connectivity index (χ1n) is 6.34. The van der Waals surface area contributed by atoms with E-state index in [4.69, 9.17) is 10.3 Å². The molecule has 116 valence electrons. The second kappa shape index (κ2) is 7.49. The van der Waals surface area contributed by atoms with Crippen LogP contribution in [0.1, 0.15) is 11.7 Å². The molecule has 0 unspecified atom stereocenters. The van der Waals surface area contributed by atoms with Crippen LogP contribution in [0.25, 0.3) is 0 Å². The number of rotatable bonds is 3. The first-order chi connectivity index (χ1) is 9.28. The summed E-state index contributed by atoms with van der Waals surface area (Å²) >= 11 is 0. The molecule has 1 aliphatic rings. The van der Waals surface area contributed by atoms with Crippen molar-refractivity contribution in [3.05, 3.63) is 36.0 Å². The molecule has 1 aliphatic heterocycles. The topological polar surface area (TPSA) is 71.4 Å². The number of para-hydroxylation sites is 2. The maximum Gasteiger partial charge on any atom is 0.240 e. The van der Waals surface area contributed by atoms with E-state index in [0.29, 0.717) is 18.3 Å². The van der Waals surface area contributed by atoms with E-state index in [1.54, 1.807) is 0 Å². The summed E-state index contributed by atoms with van der Waals surface area (Å²) in [5, 5.41) is 3.95. The first-order valence-corrected chi connectivity index (χ1v) is 6.34. The number of nitrogens with zero attached hydrogens (tertiary/aromatic N) is 4. The lowest BCUT2D eigenvalue weighted by Crippen LogP contribution is -2.38. The van der Waals surface area contributed by atoms with Crippen LogP contribution >= 0.6 is 24.8 Å². The van der Waals surface area contributed by atoms with E-state index in [0.717, 1.165) is 13.1 Å². The Labute approximate surface area is 136 Å². The fourth-order valence-electron chi connectivity index (χ4n) is 2.34. The van der Waals surface area contributed by atoms with Crippen molar-refractivity contribution in [1.82, 2.24) is 10.1 Å². The molecular formula is C13H19Cl2N5O. The molecule has 1 aromatic heterocycles. The average molecular weight is 332 g/mol. The van der Waals surface area contributed by atoms with Gasteiger partial charge in [0.05, 0.1) is 24.5 Å². The van der Waals surface area contributed by atoms with Crippen LogP contribution in [-0.4, -0.2) is 30.3 Å². The number of nitrogens with two attached hydrogens (primary N) is 1. The van der Waals surface area contributed by atoms with Crippen molar-refractivity contribution in [3.8, 4) is 0 Å². The number of aromatic nitrogens is 2. The van der Waals surface area contributed by atoms with Crippen molar-refractivity contribution in [3.63, 3.8) is 0 Å². The van der Waals surface area contributed by atoms with Gasteiger partial charge in [0, 0.05) is 20.1 Å². The van der Waals surface area contributed by atoms with Gasteiger partial charge in [0.1, 0.15) is 0 Å². The van der Waals surface area contributed by atoms with Crippen LogP contribution in [0.3, 0.4) is 0 Å². The summed E-state index contributed by atoms with van der Waals surface area (Å²) < 4.78 is 5.04. The predicted molar refractivity (Wildman–Crippen MR) is 87.4 cm³/mol. The normalized spacial score (nSPS) is 13.2. The number of hydrogen-bond acceptors (Lipinski definition) is 6. The molecule has 0 radical (unpaired) electrons. The molecule has 6 nitrogen and oxygen atoms in total. The standard InChI is InChI=1S/C13H17N5O.2ClH/c1-17-6-7-18(11-5-3-2-4-10(11)17)9-12-15-13(8-14)19-16-12;;/h2-5H,6-9,14H2,1H3;2*1H. The Morgan fingerprint density at radius 1 is 1.19 bits per heavy atom. The molecule has 0 atom stereocenters. The van der Waals surface area contributed by atoms with Crippen LogP contribution in [0.2, 0.25) is 0 Å². The zero-order valence-corrected chi connectivity index (χ0v) is 13.4. The molecule has 0 aliphatic carbocycles. The summed E-state index contributed by atoms with van der Waals surface area (Å²) in [6.45, 7) is 2.86. The van der Waals surface area contributed by atoms with Crippen molar-refractivity contribution in [2.24, 2.45) is 5.73 Å². The molecule has 0 saturated heterocycles. The van der Waals surface area contributed by atoms with Gasteiger partial charge in [-0.3, -0.25) is 0 Å². The number of anilines is 2. The first kappa shape index (κ1) is 17.6. The third-order valence-electron chi connectivity index (χ3n) is 3.36. The predicted octanol–water partition coefficient (Wildman–Crippen LogP) is 1.83. The van der Waals surface area contributed by atoms with Gasteiger partial charge in [0.2, 0.25) is 5.89 Å². The third-order valence-corrected chi connectivity index (χ3v) is 3.36. The quantitative estimate of drug-likeness (QED) is 0.925. The largest absolute Gasteiger partial charge is 0.371 e. The molecule has 21 heavy (non-hydrogen) atoms. The SMILES string of the molecule is CN1CCN(Cc2noc(CN)n2)c2ccccc21.Cl.Cl. The highest BCUT2D eigenvalue weighted by atomic mass is 35.5. The second-order valence-corrected chi connectivity index (χ2v) is 4.64. The fraction of sp³-hybridized carbons (Fsp3) is 0.385. The summed E-state index contributed by atoms with van der Waals surface area (Å²) in [6, 6.07) is 8.35. The van der Waals surface area contributed by atoms with Gasteiger partial charge in [-0.25, -0.2) is 0 Å². The molecule has 0 spiro atoms. The number of fused-ring (bicyclic) bond motifs is 1. The zero-order valence-electron chi connectivity index (χ0n) is 11.7. The zero-order chi connectivity index (χ0) is 13.2. The highest BCUT2D eigenvalue weighted by Crippen LogP contribution is 2.32. The van der Waals surface area contributed by atoms with Crippen molar-refractivity contribution in [2.45, 2.75) is 13.1 Å². The summed E-state index contributed by atoms with van der Waals surface area (Å²) in [4.78, 5) is 8.78. The van der Waals surface area contributed by atoms with Crippen molar-refractivity contribution in [2.75, 3.05) is 29.9 Å². The number of likely N-dealkylation sites (N-methyl/N-ethyl adjacent to an activating group) is 1. The van der Waals surface area contributed by atoms with E-state index in [2.05, 4.69) is 45.2 Å². The lowest BCUT2D eigenvalue weighted by Gasteiger charge is -2.36. The van der Waals surface area contributed by atoms with E-state index in [-0.39, 0.29) is 31.4 Å². The third kappa shape index (κ3) is 3.58. The molecule has 2 aromatic rings. The molecule has 1 aromatic carbocycles. The fourth-order valence-corrected chi connectivity index (χ4v) is 2.34. The highest BCUT2D eigenvalue weighted by Gasteiger charge is 2.21. The molecular weight excluding hydrogens is 313 g/mol. The van der Waals surface area contributed by atoms with Crippen LogP contribution in [0.5, 0.6) is 0 Å². The number of benzene rings is 1. The van der Waals surface area contributed by atoms with E-state index < -0.39 is 0 Å². The minimum atomic E-state index is 0. The Morgan fingerprint density at radius 3 is 2.57 bits per heavy atom. The lowest BCUT2D eigenvalue weighted by molar-refractivity contribution is 0.374. The molecule has 0 saturated carbocycles. The van der Waals surface area contributed by atoms with Crippen LogP contribution in [-0.2, 0) is 13.1 Å². The van der Waals surface area contributed by atoms with Crippen LogP contribution in [0, 0.1) is 0 Å². The van der Waals surface area contributed by atoms with Gasteiger partial charge in [-0.1, -0.05) is 17.3 Å². The minimum absolute atomic E-state index is 0. The molecule has 8 heteroatoms. The summed E-state index contributed by atoms with van der Waals surface area (Å²) in [5.41, 5.74) is 7.91. The Balaban J connectivity index is 0.00000110. The van der Waals surface area contributed by atoms with E-state index in [1.165, 1.54) is 11.4 Å². The number of hydrogen-bond donors (Lipinski definition) is 1. The van der Waals surface area contributed by atoms with Gasteiger partial charge < -0.3 is 20.1 Å². The monoisotopic (exact) mass is 331 g/mol. The van der Waals surface area contributed by atoms with Crippen LogP contribution in [0.15, 0.2) is 28.8 Å².